The topological polar surface area (TPSA) is 80.3 Å². The van der Waals surface area contributed by atoms with Crippen LogP contribution in [0.15, 0.2) is 0 Å². The Labute approximate surface area is 80.5 Å². The minimum Gasteiger partial charge on any atom is -0.550 e. The minimum atomic E-state index is -4.93. The van der Waals surface area contributed by atoms with Crippen molar-refractivity contribution in [3.8, 4) is 0 Å². The summed E-state index contributed by atoms with van der Waals surface area (Å²) in [5.74, 6) is -14.1. The first-order valence-corrected chi connectivity index (χ1v) is 3.74. The smallest absolute Gasteiger partial charge is 0.321 e. The van der Waals surface area contributed by atoms with Gasteiger partial charge in [0.15, 0.2) is 0 Å². The van der Waals surface area contributed by atoms with E-state index in [1.165, 1.54) is 0 Å². The molecule has 15 heavy (non-hydrogen) atoms. The molecule has 0 aromatic rings. The average molecular weight is 228 g/mol. The third-order valence-corrected chi connectivity index (χ3v) is 2.42. The van der Waals surface area contributed by atoms with Crippen molar-refractivity contribution in [2.24, 2.45) is 5.41 Å². The van der Waals surface area contributed by atoms with Gasteiger partial charge in [0.05, 0.1) is 11.4 Å². The standard InChI is InChI=1S/C7H6F4O4/c8-6(9)2-5(4(14)15,1-3(12)13)7(6,10)11/h1-2H2,(H,12,13)(H,14,15)/p-2/t5-/m1/s1. The van der Waals surface area contributed by atoms with Crippen molar-refractivity contribution in [3.05, 3.63) is 0 Å². The first-order chi connectivity index (χ1) is 6.57. The maximum Gasteiger partial charge on any atom is 0.321 e. The maximum absolute atomic E-state index is 12.8. The molecule has 0 spiro atoms. The second kappa shape index (κ2) is 2.83. The van der Waals surface area contributed by atoms with Crippen LogP contribution in [-0.4, -0.2) is 23.8 Å². The summed E-state index contributed by atoms with van der Waals surface area (Å²) in [7, 11) is 0. The van der Waals surface area contributed by atoms with Crippen LogP contribution < -0.4 is 10.2 Å². The van der Waals surface area contributed by atoms with Gasteiger partial charge in [-0.05, 0) is 0 Å². The summed E-state index contributed by atoms with van der Waals surface area (Å²) in [4.78, 5) is 20.4. The highest BCUT2D eigenvalue weighted by molar-refractivity contribution is 5.82. The molecule has 0 aliphatic heterocycles. The van der Waals surface area contributed by atoms with Crippen LogP contribution in [0.4, 0.5) is 17.6 Å². The van der Waals surface area contributed by atoms with Crippen LogP contribution in [0.1, 0.15) is 12.8 Å². The fourth-order valence-electron chi connectivity index (χ4n) is 1.54. The fraction of sp³-hybridized carbons (Fsp3) is 0.714. The first kappa shape index (κ1) is 11.7. The van der Waals surface area contributed by atoms with E-state index < -0.39 is 42.0 Å². The molecule has 0 unspecified atom stereocenters. The van der Waals surface area contributed by atoms with Crippen LogP contribution in [-0.2, 0) is 9.59 Å². The largest absolute Gasteiger partial charge is 0.550 e. The molecular formula is C7H4F4O4-2. The molecule has 0 radical (unpaired) electrons. The van der Waals surface area contributed by atoms with Gasteiger partial charge < -0.3 is 19.8 Å². The van der Waals surface area contributed by atoms with Gasteiger partial charge in [-0.25, -0.2) is 0 Å². The third kappa shape index (κ3) is 1.27. The van der Waals surface area contributed by atoms with E-state index in [4.69, 9.17) is 0 Å². The van der Waals surface area contributed by atoms with Gasteiger partial charge in [-0.3, -0.25) is 0 Å². The lowest BCUT2D eigenvalue weighted by atomic mass is 9.60. The highest BCUT2D eigenvalue weighted by atomic mass is 19.3. The molecule has 1 atom stereocenters. The summed E-state index contributed by atoms with van der Waals surface area (Å²) in [6, 6.07) is 0. The molecule has 1 aliphatic carbocycles. The van der Waals surface area contributed by atoms with Gasteiger partial charge in [0.2, 0.25) is 0 Å². The third-order valence-electron chi connectivity index (χ3n) is 2.42. The highest BCUT2D eigenvalue weighted by Crippen LogP contribution is 2.64. The lowest BCUT2D eigenvalue weighted by Gasteiger charge is -2.54. The van der Waals surface area contributed by atoms with E-state index in [1.54, 1.807) is 0 Å². The summed E-state index contributed by atoms with van der Waals surface area (Å²) in [6.07, 6.45) is -3.46. The monoisotopic (exact) mass is 228 g/mol. The number of carbonyl (C=O) groups is 2. The number of alkyl halides is 4. The zero-order chi connectivity index (χ0) is 12.1. The zero-order valence-corrected chi connectivity index (χ0v) is 7.06. The Hall–Kier alpha value is -1.34. The predicted molar refractivity (Wildman–Crippen MR) is 31.6 cm³/mol. The number of carbonyl (C=O) groups excluding carboxylic acids is 2. The molecule has 0 saturated heterocycles. The van der Waals surface area contributed by atoms with E-state index >= 15 is 0 Å². The fourth-order valence-corrected chi connectivity index (χ4v) is 1.54. The first-order valence-electron chi connectivity index (χ1n) is 3.74. The number of aliphatic carboxylic acids is 2. The van der Waals surface area contributed by atoms with Crippen LogP contribution in [0, 0.1) is 5.41 Å². The van der Waals surface area contributed by atoms with Crippen molar-refractivity contribution < 1.29 is 37.4 Å². The zero-order valence-electron chi connectivity index (χ0n) is 7.06. The Morgan fingerprint density at radius 1 is 1.13 bits per heavy atom. The lowest BCUT2D eigenvalue weighted by Crippen LogP contribution is -2.73. The molecule has 1 aliphatic rings. The normalized spacial score (nSPS) is 31.7. The Balaban J connectivity index is 3.08. The van der Waals surface area contributed by atoms with Gasteiger partial charge in [-0.1, -0.05) is 0 Å². The molecule has 0 aromatic heterocycles. The summed E-state index contributed by atoms with van der Waals surface area (Å²) in [5.41, 5.74) is -3.37. The summed E-state index contributed by atoms with van der Waals surface area (Å²) in [5, 5.41) is 20.4. The van der Waals surface area contributed by atoms with Crippen LogP contribution in [0.2, 0.25) is 0 Å². The minimum absolute atomic E-state index is 1.70. The number of hydrogen-bond donors (Lipinski definition) is 0. The summed E-state index contributed by atoms with van der Waals surface area (Å²) < 4.78 is 50.3. The summed E-state index contributed by atoms with van der Waals surface area (Å²) in [6.45, 7) is 0. The quantitative estimate of drug-likeness (QED) is 0.553. The van der Waals surface area contributed by atoms with Crippen LogP contribution in [0.25, 0.3) is 0 Å². The molecule has 86 valence electrons. The van der Waals surface area contributed by atoms with Gasteiger partial charge in [-0.15, -0.1) is 0 Å². The summed E-state index contributed by atoms with van der Waals surface area (Å²) >= 11 is 0. The van der Waals surface area contributed by atoms with E-state index in [1.807, 2.05) is 0 Å². The SMILES string of the molecule is O=C([O-])C[C@]1(C(=O)[O-])CC(F)(F)C1(F)F. The Kier molecular flexibility index (Phi) is 2.21. The molecule has 0 heterocycles. The van der Waals surface area contributed by atoms with Crippen LogP contribution in [0.5, 0.6) is 0 Å². The van der Waals surface area contributed by atoms with Crippen molar-refractivity contribution in [2.45, 2.75) is 24.7 Å². The van der Waals surface area contributed by atoms with Gasteiger partial charge in [0.25, 0.3) is 0 Å². The Morgan fingerprint density at radius 3 is 1.80 bits per heavy atom. The second-order valence-electron chi connectivity index (χ2n) is 3.37. The average Bonchev–Trinajstić information content (AvgIpc) is 2.00. The van der Waals surface area contributed by atoms with E-state index in [0.29, 0.717) is 0 Å². The Morgan fingerprint density at radius 2 is 1.60 bits per heavy atom. The van der Waals surface area contributed by atoms with Crippen molar-refractivity contribution in [3.63, 3.8) is 0 Å². The van der Waals surface area contributed by atoms with Gasteiger partial charge >= 0.3 is 11.8 Å². The molecule has 0 bridgehead atoms. The molecule has 0 N–H and O–H groups in total. The molecular weight excluding hydrogens is 224 g/mol. The van der Waals surface area contributed by atoms with Crippen molar-refractivity contribution in [1.82, 2.24) is 0 Å². The van der Waals surface area contributed by atoms with Gasteiger partial charge in [0, 0.05) is 18.8 Å². The van der Waals surface area contributed by atoms with E-state index in [-0.39, 0.29) is 0 Å². The molecule has 0 aromatic carbocycles. The number of halogens is 4. The number of carboxylic acids is 2. The van der Waals surface area contributed by atoms with Gasteiger partial charge in [0.1, 0.15) is 0 Å². The highest BCUT2D eigenvalue weighted by Gasteiger charge is 2.80. The molecule has 8 heteroatoms. The molecule has 1 rings (SSSR count). The molecule has 0 amide bonds. The van der Waals surface area contributed by atoms with E-state index in [2.05, 4.69) is 0 Å². The van der Waals surface area contributed by atoms with Crippen molar-refractivity contribution >= 4 is 11.9 Å². The molecule has 4 nitrogen and oxygen atoms in total. The van der Waals surface area contributed by atoms with Gasteiger partial charge in [-0.2, -0.15) is 17.6 Å². The maximum atomic E-state index is 12.8. The molecule has 1 saturated carbocycles. The Bertz CT molecular complexity index is 327. The molecule has 1 fully saturated rings. The van der Waals surface area contributed by atoms with Crippen molar-refractivity contribution in [1.29, 1.82) is 0 Å². The number of hydrogen-bond acceptors (Lipinski definition) is 4. The predicted octanol–water partition coefficient (Wildman–Crippen LogP) is -1.46. The van der Waals surface area contributed by atoms with Crippen LogP contribution >= 0.6 is 0 Å². The van der Waals surface area contributed by atoms with E-state index in [0.717, 1.165) is 0 Å². The second-order valence-corrected chi connectivity index (χ2v) is 3.37. The number of carboxylic acid groups (broad SMARTS) is 2. The van der Waals surface area contributed by atoms with E-state index in [9.17, 15) is 37.4 Å². The number of rotatable bonds is 3. The lowest BCUT2D eigenvalue weighted by molar-refractivity contribution is -0.399. The van der Waals surface area contributed by atoms with Crippen molar-refractivity contribution in [2.75, 3.05) is 0 Å². The van der Waals surface area contributed by atoms with Crippen LogP contribution in [0.3, 0.4) is 0 Å².